The van der Waals surface area contributed by atoms with Crippen LogP contribution in [-0.2, 0) is 0 Å². The number of aromatic nitrogens is 3. The first-order chi connectivity index (χ1) is 9.72. The number of hydrogen-bond acceptors (Lipinski definition) is 5. The van der Waals surface area contributed by atoms with Gasteiger partial charge in [-0.2, -0.15) is 10.1 Å². The topological polar surface area (TPSA) is 45.2 Å². The van der Waals surface area contributed by atoms with Gasteiger partial charge in [-0.3, -0.25) is 0 Å². The first kappa shape index (κ1) is 14.2. The van der Waals surface area contributed by atoms with Crippen molar-refractivity contribution in [1.29, 1.82) is 0 Å². The molecule has 20 heavy (non-hydrogen) atoms. The summed E-state index contributed by atoms with van der Waals surface area (Å²) in [6, 6.07) is 10.1. The molecule has 0 saturated carbocycles. The number of para-hydroxylation sites is 1. The third-order valence-corrected chi connectivity index (χ3v) is 3.21. The fourth-order valence-electron chi connectivity index (χ4n) is 1.89. The average Bonchev–Trinajstić information content (AvgIpc) is 2.52. The highest BCUT2D eigenvalue weighted by molar-refractivity contribution is 5.58. The van der Waals surface area contributed by atoms with Gasteiger partial charge in [0.1, 0.15) is 0 Å². The average molecular weight is 271 g/mol. The van der Waals surface area contributed by atoms with Crippen molar-refractivity contribution in [3.63, 3.8) is 0 Å². The number of rotatable bonds is 6. The molecule has 0 fully saturated rings. The predicted molar refractivity (Wildman–Crippen MR) is 82.5 cm³/mol. The molecule has 0 aliphatic carbocycles. The molecule has 0 unspecified atom stereocenters. The van der Waals surface area contributed by atoms with E-state index in [2.05, 4.69) is 22.1 Å². The van der Waals surface area contributed by atoms with Gasteiger partial charge in [0.15, 0.2) is 5.82 Å². The van der Waals surface area contributed by atoms with E-state index in [4.69, 9.17) is 0 Å². The largest absolute Gasteiger partial charge is 0.343 e. The van der Waals surface area contributed by atoms with Crippen LogP contribution in [0, 0.1) is 0 Å². The molecule has 2 aromatic rings. The summed E-state index contributed by atoms with van der Waals surface area (Å²) in [6.45, 7) is 3.11. The minimum Gasteiger partial charge on any atom is -0.343 e. The summed E-state index contributed by atoms with van der Waals surface area (Å²) < 4.78 is 0. The first-order valence-electron chi connectivity index (χ1n) is 6.92. The van der Waals surface area contributed by atoms with Gasteiger partial charge in [-0.1, -0.05) is 31.5 Å². The molecule has 0 aliphatic heterocycles. The summed E-state index contributed by atoms with van der Waals surface area (Å²) in [7, 11) is 3.98. The minimum absolute atomic E-state index is 0.665. The van der Waals surface area contributed by atoms with E-state index in [9.17, 15) is 0 Å². The quantitative estimate of drug-likeness (QED) is 0.808. The van der Waals surface area contributed by atoms with Crippen molar-refractivity contribution >= 4 is 17.5 Å². The van der Waals surface area contributed by atoms with Crippen LogP contribution in [0.4, 0.5) is 17.5 Å². The molecule has 1 aromatic carbocycles. The molecule has 0 amide bonds. The Kier molecular flexibility index (Phi) is 4.87. The van der Waals surface area contributed by atoms with E-state index in [0.717, 1.165) is 30.9 Å². The normalized spacial score (nSPS) is 10.3. The second kappa shape index (κ2) is 6.84. The van der Waals surface area contributed by atoms with Crippen molar-refractivity contribution in [3.05, 3.63) is 36.5 Å². The molecular weight excluding hydrogens is 250 g/mol. The smallest absolute Gasteiger partial charge is 0.247 e. The van der Waals surface area contributed by atoms with Crippen LogP contribution < -0.4 is 9.80 Å². The molecule has 5 heteroatoms. The number of hydrogen-bond donors (Lipinski definition) is 0. The highest BCUT2D eigenvalue weighted by atomic mass is 15.3. The first-order valence-corrected chi connectivity index (χ1v) is 6.92. The van der Waals surface area contributed by atoms with Gasteiger partial charge in [-0.05, 0) is 18.6 Å². The maximum atomic E-state index is 4.58. The molecule has 0 spiro atoms. The van der Waals surface area contributed by atoms with Crippen molar-refractivity contribution < 1.29 is 0 Å². The molecule has 2 rings (SSSR count). The Balaban J connectivity index is 2.17. The van der Waals surface area contributed by atoms with Crippen molar-refractivity contribution in [2.24, 2.45) is 0 Å². The van der Waals surface area contributed by atoms with Crippen molar-refractivity contribution in [3.8, 4) is 0 Å². The Morgan fingerprint density at radius 2 is 1.85 bits per heavy atom. The van der Waals surface area contributed by atoms with Gasteiger partial charge in [0.2, 0.25) is 5.95 Å². The Bertz CT molecular complexity index is 529. The van der Waals surface area contributed by atoms with Crippen molar-refractivity contribution in [2.45, 2.75) is 19.8 Å². The van der Waals surface area contributed by atoms with Gasteiger partial charge in [0, 0.05) is 26.3 Å². The lowest BCUT2D eigenvalue weighted by atomic mass is 10.3. The van der Waals surface area contributed by atoms with Gasteiger partial charge in [0.25, 0.3) is 0 Å². The Labute approximate surface area is 120 Å². The number of unbranched alkanes of at least 4 members (excludes halogenated alkanes) is 1. The van der Waals surface area contributed by atoms with Gasteiger partial charge in [0.05, 0.1) is 6.20 Å². The lowest BCUT2D eigenvalue weighted by Crippen LogP contribution is -2.22. The van der Waals surface area contributed by atoms with Crippen LogP contribution in [0.1, 0.15) is 19.8 Å². The van der Waals surface area contributed by atoms with Crippen molar-refractivity contribution in [2.75, 3.05) is 30.4 Å². The predicted octanol–water partition coefficient (Wildman–Crippen LogP) is 2.88. The van der Waals surface area contributed by atoms with Crippen molar-refractivity contribution in [1.82, 2.24) is 15.2 Å². The Hall–Kier alpha value is -2.17. The summed E-state index contributed by atoms with van der Waals surface area (Å²) in [5.41, 5.74) is 1.08. The van der Waals surface area contributed by atoms with Crippen LogP contribution in [0.5, 0.6) is 0 Å². The van der Waals surface area contributed by atoms with E-state index in [1.807, 2.05) is 54.2 Å². The number of anilines is 3. The Morgan fingerprint density at radius 1 is 1.10 bits per heavy atom. The molecule has 0 bridgehead atoms. The molecule has 1 aromatic heterocycles. The standard InChI is InChI=1S/C15H21N5/c1-4-5-11-19(2)15-17-14(12-16-18-15)20(3)13-9-7-6-8-10-13/h6-10,12H,4-5,11H2,1-3H3. The zero-order valence-corrected chi connectivity index (χ0v) is 12.3. The van der Waals surface area contributed by atoms with E-state index in [1.165, 1.54) is 0 Å². The molecule has 0 atom stereocenters. The highest BCUT2D eigenvalue weighted by Crippen LogP contribution is 2.21. The fraction of sp³-hybridized carbons (Fsp3) is 0.400. The van der Waals surface area contributed by atoms with E-state index >= 15 is 0 Å². The maximum Gasteiger partial charge on any atom is 0.247 e. The van der Waals surface area contributed by atoms with E-state index in [0.29, 0.717) is 5.95 Å². The highest BCUT2D eigenvalue weighted by Gasteiger charge is 2.10. The monoisotopic (exact) mass is 271 g/mol. The van der Waals surface area contributed by atoms with Crippen LogP contribution in [0.15, 0.2) is 36.5 Å². The second-order valence-electron chi connectivity index (χ2n) is 4.78. The van der Waals surface area contributed by atoms with Crippen LogP contribution in [-0.4, -0.2) is 35.8 Å². The molecule has 0 aliphatic rings. The molecule has 1 heterocycles. The van der Waals surface area contributed by atoms with Gasteiger partial charge in [-0.25, -0.2) is 0 Å². The van der Waals surface area contributed by atoms with Gasteiger partial charge in [-0.15, -0.1) is 5.10 Å². The van der Waals surface area contributed by atoms with Crippen LogP contribution in [0.2, 0.25) is 0 Å². The van der Waals surface area contributed by atoms with Crippen LogP contribution in [0.25, 0.3) is 0 Å². The Morgan fingerprint density at radius 3 is 2.55 bits per heavy atom. The van der Waals surface area contributed by atoms with E-state index in [1.54, 1.807) is 6.20 Å². The summed E-state index contributed by atoms with van der Waals surface area (Å²) in [5, 5.41) is 8.17. The molecule has 5 nitrogen and oxygen atoms in total. The maximum absolute atomic E-state index is 4.58. The summed E-state index contributed by atoms with van der Waals surface area (Å²) in [5.74, 6) is 1.46. The summed E-state index contributed by atoms with van der Waals surface area (Å²) in [6.07, 6.45) is 3.96. The summed E-state index contributed by atoms with van der Waals surface area (Å²) in [4.78, 5) is 8.63. The van der Waals surface area contributed by atoms with Crippen LogP contribution in [0.3, 0.4) is 0 Å². The zero-order chi connectivity index (χ0) is 14.4. The SMILES string of the molecule is CCCCN(C)c1nncc(N(C)c2ccccc2)n1. The van der Waals surface area contributed by atoms with Gasteiger partial charge >= 0.3 is 0 Å². The zero-order valence-electron chi connectivity index (χ0n) is 12.3. The molecule has 0 saturated heterocycles. The lowest BCUT2D eigenvalue weighted by Gasteiger charge is -2.20. The molecule has 0 N–H and O–H groups in total. The third kappa shape index (κ3) is 3.44. The third-order valence-electron chi connectivity index (χ3n) is 3.21. The molecule has 0 radical (unpaired) electrons. The summed E-state index contributed by atoms with van der Waals surface area (Å²) >= 11 is 0. The minimum atomic E-state index is 0.665. The number of benzene rings is 1. The molecular formula is C15H21N5. The van der Waals surface area contributed by atoms with E-state index in [-0.39, 0.29) is 0 Å². The number of nitrogens with zero attached hydrogens (tertiary/aromatic N) is 5. The fourth-order valence-corrected chi connectivity index (χ4v) is 1.89. The lowest BCUT2D eigenvalue weighted by molar-refractivity contribution is 0.739. The van der Waals surface area contributed by atoms with Crippen LogP contribution >= 0.6 is 0 Å². The van der Waals surface area contributed by atoms with E-state index < -0.39 is 0 Å². The van der Waals surface area contributed by atoms with Gasteiger partial charge < -0.3 is 9.80 Å². The molecule has 106 valence electrons. The second-order valence-corrected chi connectivity index (χ2v) is 4.78.